The van der Waals surface area contributed by atoms with E-state index in [1.807, 2.05) is 24.3 Å². The quantitative estimate of drug-likeness (QED) is 0.231. The van der Waals surface area contributed by atoms with E-state index in [2.05, 4.69) is 5.10 Å². The van der Waals surface area contributed by atoms with Crippen molar-refractivity contribution < 1.29 is 19.3 Å². The number of nitro benzene ring substituents is 1. The molecule has 0 spiro atoms. The van der Waals surface area contributed by atoms with E-state index in [4.69, 9.17) is 11.6 Å². The summed E-state index contributed by atoms with van der Waals surface area (Å²) in [5.74, 6) is -3.52. The van der Waals surface area contributed by atoms with Crippen LogP contribution >= 0.6 is 11.6 Å². The smallest absolute Gasteiger partial charge is 0.271 e. The Morgan fingerprint density at radius 3 is 2.39 bits per heavy atom. The van der Waals surface area contributed by atoms with Gasteiger partial charge in [0.05, 0.1) is 39.7 Å². The fraction of sp³-hybridized carbons (Fsp3) is 0.154. The molecule has 6 rings (SSSR count). The molecule has 9 nitrogen and oxygen atoms in total. The minimum atomic E-state index is -1.05. The molecule has 10 heteroatoms. The average Bonchev–Trinajstić information content (AvgIpc) is 3.37. The monoisotopic (exact) mass is 500 g/mol. The van der Waals surface area contributed by atoms with Crippen molar-refractivity contribution in [1.29, 1.82) is 0 Å². The van der Waals surface area contributed by atoms with Crippen LogP contribution in [0.2, 0.25) is 5.02 Å². The Hall–Kier alpha value is -4.37. The number of benzene rings is 3. The van der Waals surface area contributed by atoms with Crippen molar-refractivity contribution in [2.45, 2.75) is 12.1 Å². The first kappa shape index (κ1) is 22.1. The Balaban J connectivity index is 1.51. The summed E-state index contributed by atoms with van der Waals surface area (Å²) in [6, 6.07) is 17.8. The van der Waals surface area contributed by atoms with Gasteiger partial charge in [-0.3, -0.25) is 29.5 Å². The molecule has 3 aliphatic rings. The number of rotatable bonds is 4. The summed E-state index contributed by atoms with van der Waals surface area (Å²) in [5.41, 5.74) is 1.58. The first-order chi connectivity index (χ1) is 17.4. The number of anilines is 1. The zero-order valence-electron chi connectivity index (χ0n) is 18.5. The average molecular weight is 501 g/mol. The summed E-state index contributed by atoms with van der Waals surface area (Å²) in [5, 5.41) is 17.5. The lowest BCUT2D eigenvalue weighted by molar-refractivity contribution is -0.384. The van der Waals surface area contributed by atoms with Crippen LogP contribution in [0, 0.1) is 22.0 Å². The van der Waals surface area contributed by atoms with Crippen molar-refractivity contribution in [1.82, 2.24) is 5.01 Å². The van der Waals surface area contributed by atoms with Gasteiger partial charge in [-0.15, -0.1) is 0 Å². The second-order valence-electron chi connectivity index (χ2n) is 8.83. The largest absolute Gasteiger partial charge is 0.292 e. The molecule has 2 saturated heterocycles. The van der Waals surface area contributed by atoms with Gasteiger partial charge in [-0.2, -0.15) is 5.10 Å². The van der Waals surface area contributed by atoms with E-state index in [-0.39, 0.29) is 22.2 Å². The highest BCUT2D eigenvalue weighted by Crippen LogP contribution is 2.53. The van der Waals surface area contributed by atoms with Crippen molar-refractivity contribution in [2.24, 2.45) is 16.9 Å². The highest BCUT2D eigenvalue weighted by molar-refractivity contribution is 6.36. The molecule has 0 saturated carbocycles. The summed E-state index contributed by atoms with van der Waals surface area (Å²) in [4.78, 5) is 53.2. The van der Waals surface area contributed by atoms with Crippen molar-refractivity contribution in [3.63, 3.8) is 0 Å². The molecule has 36 heavy (non-hydrogen) atoms. The third-order valence-corrected chi connectivity index (χ3v) is 7.32. The molecule has 3 aromatic carbocycles. The minimum absolute atomic E-state index is 0.0205. The molecule has 0 bridgehead atoms. The number of amides is 2. The number of nitro groups is 1. The molecular weight excluding hydrogens is 484 g/mol. The molecule has 3 heterocycles. The van der Waals surface area contributed by atoms with Crippen molar-refractivity contribution in [3.05, 3.63) is 105 Å². The Morgan fingerprint density at radius 1 is 0.944 bits per heavy atom. The zero-order valence-corrected chi connectivity index (χ0v) is 19.3. The normalized spacial score (nSPS) is 23.9. The van der Waals surface area contributed by atoms with Crippen LogP contribution in [0.1, 0.15) is 27.5 Å². The standard InChI is InChI=1S/C26H17ClN4O5/c27-18-11-10-16(31(35)36)12-19(18)29-25(33)20-21(26(29)34)23(24(32)14-6-2-1-3-7-14)30-22(20)17-9-5-4-8-15(17)13-28-30/h1-13,20-23H/t20-,21-,22-,23+/m1/s1. The Kier molecular flexibility index (Phi) is 4.97. The van der Waals surface area contributed by atoms with Crippen LogP contribution in [-0.4, -0.2) is 39.8 Å². The van der Waals surface area contributed by atoms with Gasteiger partial charge in [0.15, 0.2) is 5.78 Å². The van der Waals surface area contributed by atoms with E-state index in [0.717, 1.165) is 22.1 Å². The van der Waals surface area contributed by atoms with Crippen LogP contribution in [0.5, 0.6) is 0 Å². The maximum absolute atomic E-state index is 13.9. The molecule has 0 N–H and O–H groups in total. The molecule has 178 valence electrons. The van der Waals surface area contributed by atoms with Crippen LogP contribution in [0.3, 0.4) is 0 Å². The van der Waals surface area contributed by atoms with Crippen molar-refractivity contribution >= 4 is 46.8 Å². The maximum Gasteiger partial charge on any atom is 0.271 e. The maximum atomic E-state index is 13.9. The fourth-order valence-corrected chi connectivity index (χ4v) is 5.67. The molecule has 0 aliphatic carbocycles. The summed E-state index contributed by atoms with van der Waals surface area (Å²) in [6.45, 7) is 0. The number of hydrogen-bond donors (Lipinski definition) is 0. The van der Waals surface area contributed by atoms with Crippen LogP contribution in [0.15, 0.2) is 77.9 Å². The molecule has 3 aliphatic heterocycles. The Bertz CT molecular complexity index is 1490. The molecule has 0 aromatic heterocycles. The second kappa shape index (κ2) is 8.10. The number of fused-ring (bicyclic) bond motifs is 5. The highest BCUT2D eigenvalue weighted by atomic mass is 35.5. The molecule has 0 radical (unpaired) electrons. The zero-order chi connectivity index (χ0) is 25.1. The van der Waals surface area contributed by atoms with E-state index in [1.54, 1.807) is 41.6 Å². The molecule has 0 unspecified atom stereocenters. The van der Waals surface area contributed by atoms with Gasteiger partial charge in [-0.05, 0) is 17.2 Å². The van der Waals surface area contributed by atoms with E-state index >= 15 is 0 Å². The molecule has 4 atom stereocenters. The minimum Gasteiger partial charge on any atom is -0.292 e. The van der Waals surface area contributed by atoms with Gasteiger partial charge >= 0.3 is 0 Å². The van der Waals surface area contributed by atoms with E-state index in [0.29, 0.717) is 5.56 Å². The highest BCUT2D eigenvalue weighted by Gasteiger charge is 2.65. The Labute approximate surface area is 209 Å². The summed E-state index contributed by atoms with van der Waals surface area (Å²) >= 11 is 6.31. The Morgan fingerprint density at radius 2 is 1.64 bits per heavy atom. The van der Waals surface area contributed by atoms with Gasteiger partial charge in [0.1, 0.15) is 6.04 Å². The number of imide groups is 1. The SMILES string of the molecule is O=C(c1ccccc1)[C@@H]1[C@@H]2C(=O)N(c3cc([N+](=O)[O-])ccc3Cl)C(=O)[C@H]2[C@H]2c3ccccc3C=NN12. The summed E-state index contributed by atoms with van der Waals surface area (Å²) < 4.78 is 0. The first-order valence-corrected chi connectivity index (χ1v) is 11.6. The van der Waals surface area contributed by atoms with Gasteiger partial charge in [0.2, 0.25) is 11.8 Å². The van der Waals surface area contributed by atoms with E-state index in [1.165, 1.54) is 12.1 Å². The van der Waals surface area contributed by atoms with Gasteiger partial charge in [-0.1, -0.05) is 66.2 Å². The molecule has 3 aromatic rings. The number of nitrogens with zero attached hydrogens (tertiary/aromatic N) is 4. The van der Waals surface area contributed by atoms with Crippen LogP contribution in [0.4, 0.5) is 11.4 Å². The van der Waals surface area contributed by atoms with Crippen LogP contribution in [-0.2, 0) is 9.59 Å². The van der Waals surface area contributed by atoms with Gasteiger partial charge in [0, 0.05) is 17.7 Å². The number of hydrogen-bond acceptors (Lipinski definition) is 7. The van der Waals surface area contributed by atoms with Crippen LogP contribution < -0.4 is 4.90 Å². The number of carbonyl (C=O) groups excluding carboxylic acids is 3. The van der Waals surface area contributed by atoms with E-state index < -0.39 is 40.7 Å². The van der Waals surface area contributed by atoms with Gasteiger partial charge in [-0.25, -0.2) is 4.90 Å². The predicted molar refractivity (Wildman–Crippen MR) is 131 cm³/mol. The number of ketones is 1. The number of hydrazone groups is 1. The van der Waals surface area contributed by atoms with Crippen molar-refractivity contribution in [3.8, 4) is 0 Å². The molecule has 2 fully saturated rings. The lowest BCUT2D eigenvalue weighted by atomic mass is 9.83. The fourth-order valence-electron chi connectivity index (χ4n) is 5.47. The topological polar surface area (TPSA) is 113 Å². The first-order valence-electron chi connectivity index (χ1n) is 11.2. The third-order valence-electron chi connectivity index (χ3n) is 7.00. The van der Waals surface area contributed by atoms with Gasteiger partial charge in [0.25, 0.3) is 5.69 Å². The second-order valence-corrected chi connectivity index (χ2v) is 9.24. The lowest BCUT2D eigenvalue weighted by Crippen LogP contribution is -2.44. The summed E-state index contributed by atoms with van der Waals surface area (Å²) in [7, 11) is 0. The third kappa shape index (κ3) is 3.09. The van der Waals surface area contributed by atoms with Crippen molar-refractivity contribution in [2.75, 3.05) is 4.90 Å². The van der Waals surface area contributed by atoms with E-state index in [9.17, 15) is 24.5 Å². The molecular formula is C26H17ClN4O5. The molecule has 2 amide bonds. The van der Waals surface area contributed by atoms with Gasteiger partial charge < -0.3 is 0 Å². The predicted octanol–water partition coefficient (Wildman–Crippen LogP) is 4.01. The van der Waals surface area contributed by atoms with Crippen LogP contribution in [0.25, 0.3) is 0 Å². The lowest BCUT2D eigenvalue weighted by Gasteiger charge is -2.33. The number of Topliss-reactive ketones (excluding diaryl/α,β-unsaturated/α-hetero) is 1. The number of non-ortho nitro benzene ring substituents is 1. The number of halogens is 1. The number of carbonyl (C=O) groups is 3. The summed E-state index contributed by atoms with van der Waals surface area (Å²) in [6.07, 6.45) is 1.63.